The maximum absolute atomic E-state index is 12.8. The summed E-state index contributed by atoms with van der Waals surface area (Å²) >= 11 is 0. The number of esters is 1. The number of benzene rings is 5. The zero-order chi connectivity index (χ0) is 24.8. The average molecular weight is 475 g/mol. The van der Waals surface area contributed by atoms with Gasteiger partial charge in [0, 0.05) is 19.4 Å². The first-order valence-electron chi connectivity index (χ1n) is 11.7. The van der Waals surface area contributed by atoms with Crippen molar-refractivity contribution in [3.8, 4) is 5.75 Å². The Hall–Kier alpha value is -4.71. The van der Waals surface area contributed by atoms with Crippen LogP contribution in [-0.4, -0.2) is 22.8 Å². The van der Waals surface area contributed by atoms with Crippen LogP contribution in [0.5, 0.6) is 5.75 Å². The molecule has 0 spiro atoms. The minimum absolute atomic E-state index is 0.217. The number of hydrogen-bond donors (Lipinski definition) is 0. The van der Waals surface area contributed by atoms with Crippen molar-refractivity contribution in [2.45, 2.75) is 20.1 Å². The van der Waals surface area contributed by atoms with E-state index in [1.54, 1.807) is 6.07 Å². The minimum atomic E-state index is -0.787. The Balaban J connectivity index is 1.55. The third kappa shape index (κ3) is 3.64. The molecule has 0 radical (unpaired) electrons. The Morgan fingerprint density at radius 2 is 1.33 bits per heavy atom. The van der Waals surface area contributed by atoms with E-state index in [9.17, 15) is 9.59 Å². The van der Waals surface area contributed by atoms with Crippen LogP contribution in [0.4, 0.5) is 0 Å². The van der Waals surface area contributed by atoms with Gasteiger partial charge in [0.15, 0.2) is 0 Å². The number of ether oxygens (including phenoxy) is 2. The summed E-state index contributed by atoms with van der Waals surface area (Å²) in [5, 5.41) is 11.8. The van der Waals surface area contributed by atoms with Crippen molar-refractivity contribution in [1.29, 1.82) is 0 Å². The van der Waals surface area contributed by atoms with Crippen LogP contribution in [0.3, 0.4) is 0 Å². The summed E-state index contributed by atoms with van der Waals surface area (Å²) < 4.78 is 12.0. The fourth-order valence-corrected chi connectivity index (χ4v) is 4.80. The van der Waals surface area contributed by atoms with Crippen molar-refractivity contribution in [1.82, 2.24) is 5.01 Å². The zero-order valence-electron chi connectivity index (χ0n) is 19.8. The van der Waals surface area contributed by atoms with Crippen LogP contribution in [0, 0.1) is 0 Å². The van der Waals surface area contributed by atoms with E-state index < -0.39 is 12.2 Å². The molecule has 0 N–H and O–H groups in total. The molecule has 0 fully saturated rings. The maximum Gasteiger partial charge on any atom is 0.308 e. The molecule has 1 unspecified atom stereocenters. The molecule has 36 heavy (non-hydrogen) atoms. The smallest absolute Gasteiger partial charge is 0.308 e. The van der Waals surface area contributed by atoms with E-state index in [0.717, 1.165) is 37.9 Å². The van der Waals surface area contributed by atoms with Gasteiger partial charge >= 0.3 is 5.97 Å². The van der Waals surface area contributed by atoms with Gasteiger partial charge in [0.25, 0.3) is 0 Å². The molecular formula is C30H22N2O4. The summed E-state index contributed by atoms with van der Waals surface area (Å²) in [5.41, 5.74) is 1.36. The van der Waals surface area contributed by atoms with E-state index in [2.05, 4.69) is 11.2 Å². The van der Waals surface area contributed by atoms with Crippen LogP contribution in [0.25, 0.3) is 32.3 Å². The van der Waals surface area contributed by atoms with E-state index in [1.165, 1.54) is 18.9 Å². The lowest BCUT2D eigenvalue weighted by molar-refractivity contribution is -0.135. The van der Waals surface area contributed by atoms with Gasteiger partial charge in [0.2, 0.25) is 18.0 Å². The Kier molecular flexibility index (Phi) is 5.15. The van der Waals surface area contributed by atoms with Crippen LogP contribution in [0.1, 0.15) is 31.2 Å². The molecule has 0 bridgehead atoms. The highest BCUT2D eigenvalue weighted by Crippen LogP contribution is 2.40. The molecule has 5 aromatic rings. The molecule has 0 aromatic heterocycles. The number of fused-ring (bicyclic) bond motifs is 3. The van der Waals surface area contributed by atoms with Gasteiger partial charge in [-0.05, 0) is 50.5 Å². The molecule has 6 nitrogen and oxygen atoms in total. The third-order valence-electron chi connectivity index (χ3n) is 6.36. The molecule has 0 aliphatic carbocycles. The topological polar surface area (TPSA) is 68.2 Å². The van der Waals surface area contributed by atoms with Gasteiger partial charge in [-0.25, -0.2) is 0 Å². The summed E-state index contributed by atoms with van der Waals surface area (Å²) in [5.74, 6) is -0.173. The van der Waals surface area contributed by atoms with Crippen molar-refractivity contribution in [2.24, 2.45) is 5.10 Å². The van der Waals surface area contributed by atoms with Gasteiger partial charge < -0.3 is 9.47 Å². The quantitative estimate of drug-likeness (QED) is 0.175. The number of hydrazone groups is 1. The van der Waals surface area contributed by atoms with Crippen LogP contribution < -0.4 is 4.74 Å². The van der Waals surface area contributed by atoms with E-state index in [4.69, 9.17) is 9.47 Å². The second-order valence-electron chi connectivity index (χ2n) is 8.76. The van der Waals surface area contributed by atoms with Crippen molar-refractivity contribution in [2.75, 3.05) is 0 Å². The molecule has 6 heteroatoms. The lowest BCUT2D eigenvalue weighted by Crippen LogP contribution is -2.25. The van der Waals surface area contributed by atoms with Gasteiger partial charge in [0.1, 0.15) is 5.75 Å². The first kappa shape index (κ1) is 21.8. The molecule has 1 aliphatic heterocycles. The van der Waals surface area contributed by atoms with Gasteiger partial charge in [-0.1, -0.05) is 72.8 Å². The minimum Gasteiger partial charge on any atom is -0.446 e. The maximum atomic E-state index is 12.8. The summed E-state index contributed by atoms with van der Waals surface area (Å²) in [6.07, 6.45) is -0.787. The second-order valence-corrected chi connectivity index (χ2v) is 8.76. The molecule has 1 amide bonds. The monoisotopic (exact) mass is 474 g/mol. The highest BCUT2D eigenvalue weighted by atomic mass is 16.5. The lowest BCUT2D eigenvalue weighted by Gasteiger charge is -2.23. The number of nitrogens with zero attached hydrogens (tertiary/aromatic N) is 2. The standard InChI is InChI=1S/C30H22N2O4/c1-18(33)32-30(28-24-13-7-5-11-22(24)15-23-12-6-8-14-25(23)28)36-29(31-32)26-16-20-9-3-4-10-21(20)17-27(26)35-19(2)34/h3-17,30H,1-2H3. The Morgan fingerprint density at radius 3 is 1.92 bits per heavy atom. The van der Waals surface area contributed by atoms with Gasteiger partial charge in [0.05, 0.1) is 5.56 Å². The first-order chi connectivity index (χ1) is 17.5. The van der Waals surface area contributed by atoms with Crippen LogP contribution in [0.15, 0.2) is 96.1 Å². The van der Waals surface area contributed by atoms with Crippen LogP contribution in [0.2, 0.25) is 0 Å². The van der Waals surface area contributed by atoms with Gasteiger partial charge in [-0.2, -0.15) is 5.01 Å². The summed E-state index contributed by atoms with van der Waals surface area (Å²) in [4.78, 5) is 24.7. The van der Waals surface area contributed by atoms with Gasteiger partial charge in [-0.15, -0.1) is 5.10 Å². The van der Waals surface area contributed by atoms with E-state index in [1.807, 2.05) is 78.9 Å². The normalized spacial score (nSPS) is 15.2. The third-order valence-corrected chi connectivity index (χ3v) is 6.36. The fourth-order valence-electron chi connectivity index (χ4n) is 4.80. The predicted molar refractivity (Wildman–Crippen MR) is 140 cm³/mol. The van der Waals surface area contributed by atoms with Crippen molar-refractivity contribution in [3.63, 3.8) is 0 Å². The zero-order valence-corrected chi connectivity index (χ0v) is 19.8. The first-order valence-corrected chi connectivity index (χ1v) is 11.7. The molecule has 6 rings (SSSR count). The van der Waals surface area contributed by atoms with Crippen LogP contribution >= 0.6 is 0 Å². The Bertz CT molecular complexity index is 1670. The van der Waals surface area contributed by atoms with Crippen molar-refractivity contribution in [3.05, 3.63) is 102 Å². The van der Waals surface area contributed by atoms with E-state index in [0.29, 0.717) is 11.3 Å². The van der Waals surface area contributed by atoms with Crippen LogP contribution in [-0.2, 0) is 14.3 Å². The number of hydrogen-bond acceptors (Lipinski definition) is 5. The van der Waals surface area contributed by atoms with Crippen molar-refractivity contribution < 1.29 is 19.1 Å². The second kappa shape index (κ2) is 8.50. The predicted octanol–water partition coefficient (Wildman–Crippen LogP) is 6.31. The summed E-state index contributed by atoms with van der Waals surface area (Å²) in [6, 6.07) is 29.6. The van der Waals surface area contributed by atoms with Crippen molar-refractivity contribution >= 4 is 50.1 Å². The molecule has 1 atom stereocenters. The summed E-state index contributed by atoms with van der Waals surface area (Å²) in [6.45, 7) is 2.81. The summed E-state index contributed by atoms with van der Waals surface area (Å²) in [7, 11) is 0. The molecule has 1 heterocycles. The fraction of sp³-hybridized carbons (Fsp3) is 0.100. The molecular weight excluding hydrogens is 452 g/mol. The lowest BCUT2D eigenvalue weighted by atomic mass is 9.95. The highest BCUT2D eigenvalue weighted by molar-refractivity contribution is 6.06. The van der Waals surface area contributed by atoms with E-state index in [-0.39, 0.29) is 11.8 Å². The molecule has 0 saturated heterocycles. The largest absolute Gasteiger partial charge is 0.446 e. The SMILES string of the molecule is CC(=O)Oc1cc2ccccc2cc1C1=NN(C(C)=O)C(c2c3ccccc3cc3ccccc23)O1. The average Bonchev–Trinajstić information content (AvgIpc) is 3.31. The molecule has 0 saturated carbocycles. The van der Waals surface area contributed by atoms with E-state index >= 15 is 0 Å². The molecule has 1 aliphatic rings. The number of carbonyl (C=O) groups excluding carboxylic acids is 2. The number of carbonyl (C=O) groups is 2. The highest BCUT2D eigenvalue weighted by Gasteiger charge is 2.36. The van der Waals surface area contributed by atoms with Gasteiger partial charge in [-0.3, -0.25) is 9.59 Å². The number of rotatable bonds is 3. The number of amides is 1. The molecule has 5 aromatic carbocycles. The molecule has 176 valence electrons. The Labute approximate surface area is 207 Å². The Morgan fingerprint density at radius 1 is 0.778 bits per heavy atom.